The van der Waals surface area contributed by atoms with Gasteiger partial charge in [0.05, 0.1) is 10.5 Å². The van der Waals surface area contributed by atoms with Crippen molar-refractivity contribution in [2.75, 3.05) is 12.4 Å². The van der Waals surface area contributed by atoms with Gasteiger partial charge in [-0.05, 0) is 42.8 Å². The topological polar surface area (TPSA) is 98.5 Å². The number of anilines is 1. The van der Waals surface area contributed by atoms with E-state index in [2.05, 4.69) is 5.32 Å². The minimum atomic E-state index is -0.734. The van der Waals surface area contributed by atoms with E-state index < -0.39 is 28.6 Å². The van der Waals surface area contributed by atoms with Gasteiger partial charge < -0.3 is 10.1 Å². The van der Waals surface area contributed by atoms with Crippen molar-refractivity contribution in [3.8, 4) is 0 Å². The minimum absolute atomic E-state index is 0.0295. The number of hydrogen-bond acceptors (Lipinski definition) is 6. The van der Waals surface area contributed by atoms with Crippen molar-refractivity contribution in [2.24, 2.45) is 0 Å². The molecule has 0 aromatic heterocycles. The predicted molar refractivity (Wildman–Crippen MR) is 113 cm³/mol. The number of hydrogen-bond donors (Lipinski definition) is 1. The summed E-state index contributed by atoms with van der Waals surface area (Å²) < 4.78 is 18.6. The highest BCUT2D eigenvalue weighted by molar-refractivity contribution is 6.14. The average Bonchev–Trinajstić information content (AvgIpc) is 2.78. The molecule has 8 heteroatoms. The third kappa shape index (κ3) is 4.75. The molecule has 0 fully saturated rings. The maximum atomic E-state index is 13.1. The van der Waals surface area contributed by atoms with Gasteiger partial charge in [-0.2, -0.15) is 0 Å². The lowest BCUT2D eigenvalue weighted by molar-refractivity contribution is -0.384. The SMILES string of the molecule is CNc1ccc(C(=O)c2ccccc2C(=O)OC(C)c2ccc(F)cc2)cc1[N+](=O)[O-]. The van der Waals surface area contributed by atoms with E-state index in [1.807, 2.05) is 0 Å². The fourth-order valence-corrected chi connectivity index (χ4v) is 3.08. The van der Waals surface area contributed by atoms with Crippen molar-refractivity contribution < 1.29 is 23.6 Å². The molecule has 0 aliphatic carbocycles. The van der Waals surface area contributed by atoms with Gasteiger partial charge in [-0.25, -0.2) is 9.18 Å². The van der Waals surface area contributed by atoms with Crippen LogP contribution >= 0.6 is 0 Å². The van der Waals surface area contributed by atoms with Gasteiger partial charge in [0.2, 0.25) is 0 Å². The first-order valence-corrected chi connectivity index (χ1v) is 9.38. The summed E-state index contributed by atoms with van der Waals surface area (Å²) in [6, 6.07) is 15.7. The molecular formula is C23H19FN2O5. The predicted octanol–water partition coefficient (Wildman–Crippen LogP) is 4.92. The fraction of sp³-hybridized carbons (Fsp3) is 0.130. The molecule has 0 spiro atoms. The van der Waals surface area contributed by atoms with E-state index in [1.165, 1.54) is 55.6 Å². The molecule has 0 aliphatic rings. The summed E-state index contributed by atoms with van der Waals surface area (Å²) in [6.45, 7) is 1.63. The number of benzene rings is 3. The monoisotopic (exact) mass is 422 g/mol. The van der Waals surface area contributed by atoms with Crippen molar-refractivity contribution in [2.45, 2.75) is 13.0 Å². The molecule has 3 rings (SSSR count). The normalized spacial score (nSPS) is 11.5. The zero-order valence-corrected chi connectivity index (χ0v) is 16.8. The van der Waals surface area contributed by atoms with Gasteiger partial charge >= 0.3 is 5.97 Å². The van der Waals surface area contributed by atoms with Crippen molar-refractivity contribution in [1.82, 2.24) is 0 Å². The molecule has 0 radical (unpaired) electrons. The summed E-state index contributed by atoms with van der Waals surface area (Å²) in [7, 11) is 1.54. The number of carbonyl (C=O) groups excluding carboxylic acids is 2. The highest BCUT2D eigenvalue weighted by Gasteiger charge is 2.23. The first-order valence-electron chi connectivity index (χ1n) is 9.38. The van der Waals surface area contributed by atoms with Gasteiger partial charge in [-0.15, -0.1) is 0 Å². The molecule has 0 heterocycles. The molecule has 0 aliphatic heterocycles. The van der Waals surface area contributed by atoms with E-state index in [0.717, 1.165) is 6.07 Å². The molecule has 3 aromatic carbocycles. The van der Waals surface area contributed by atoms with Crippen LogP contribution in [-0.2, 0) is 4.74 Å². The fourth-order valence-electron chi connectivity index (χ4n) is 3.08. The lowest BCUT2D eigenvalue weighted by Crippen LogP contribution is -2.15. The number of nitrogens with zero attached hydrogens (tertiary/aromatic N) is 1. The molecule has 1 atom stereocenters. The van der Waals surface area contributed by atoms with Crippen LogP contribution in [0.25, 0.3) is 0 Å². The molecule has 0 bridgehead atoms. The van der Waals surface area contributed by atoms with Crippen LogP contribution < -0.4 is 5.32 Å². The van der Waals surface area contributed by atoms with Crippen molar-refractivity contribution in [3.05, 3.63) is 105 Å². The molecule has 0 saturated heterocycles. The van der Waals surface area contributed by atoms with Crippen LogP contribution in [0.4, 0.5) is 15.8 Å². The van der Waals surface area contributed by atoms with Gasteiger partial charge in [-0.1, -0.05) is 30.3 Å². The Bertz CT molecular complexity index is 1140. The number of ether oxygens (including phenoxy) is 1. The standard InChI is InChI=1S/C23H19FN2O5/c1-14(15-7-10-17(24)11-8-15)31-23(28)19-6-4-3-5-18(19)22(27)16-9-12-20(25-2)21(13-16)26(29)30/h3-14,25H,1-2H3. The summed E-state index contributed by atoms with van der Waals surface area (Å²) in [4.78, 5) is 36.5. The zero-order valence-electron chi connectivity index (χ0n) is 16.8. The molecule has 7 nitrogen and oxygen atoms in total. The van der Waals surface area contributed by atoms with Crippen LogP contribution in [0.3, 0.4) is 0 Å². The van der Waals surface area contributed by atoms with Crippen LogP contribution in [-0.4, -0.2) is 23.7 Å². The molecule has 1 unspecified atom stereocenters. The maximum Gasteiger partial charge on any atom is 0.339 e. The number of ketones is 1. The average molecular weight is 422 g/mol. The second-order valence-corrected chi connectivity index (χ2v) is 6.71. The highest BCUT2D eigenvalue weighted by Crippen LogP contribution is 2.27. The zero-order chi connectivity index (χ0) is 22.5. The Balaban J connectivity index is 1.90. The first-order chi connectivity index (χ1) is 14.8. The largest absolute Gasteiger partial charge is 0.454 e. The summed E-state index contributed by atoms with van der Waals surface area (Å²) >= 11 is 0. The van der Waals surface area contributed by atoms with E-state index in [0.29, 0.717) is 5.56 Å². The van der Waals surface area contributed by atoms with Crippen molar-refractivity contribution >= 4 is 23.1 Å². The smallest absolute Gasteiger partial charge is 0.339 e. The summed E-state index contributed by atoms with van der Waals surface area (Å²) in [5.74, 6) is -1.69. The second kappa shape index (κ2) is 9.17. The molecular weight excluding hydrogens is 403 g/mol. The van der Waals surface area contributed by atoms with Crippen LogP contribution in [0.2, 0.25) is 0 Å². The molecule has 0 amide bonds. The Morgan fingerprint density at radius 3 is 2.29 bits per heavy atom. The molecule has 158 valence electrons. The quantitative estimate of drug-likeness (QED) is 0.251. The van der Waals surface area contributed by atoms with E-state index in [-0.39, 0.29) is 28.1 Å². The maximum absolute atomic E-state index is 13.1. The number of nitrogens with one attached hydrogen (secondary N) is 1. The number of nitro benzene ring substituents is 1. The third-order valence-electron chi connectivity index (χ3n) is 4.74. The lowest BCUT2D eigenvalue weighted by Gasteiger charge is -2.15. The molecule has 3 aromatic rings. The Morgan fingerprint density at radius 1 is 1.03 bits per heavy atom. The van der Waals surface area contributed by atoms with Gasteiger partial charge in [-0.3, -0.25) is 14.9 Å². The van der Waals surface area contributed by atoms with Crippen LogP contribution in [0.1, 0.15) is 44.9 Å². The summed E-state index contributed by atoms with van der Waals surface area (Å²) in [6.07, 6.45) is -0.674. The van der Waals surface area contributed by atoms with Crippen molar-refractivity contribution in [3.63, 3.8) is 0 Å². The number of esters is 1. The van der Waals surface area contributed by atoms with Crippen molar-refractivity contribution in [1.29, 1.82) is 0 Å². The van der Waals surface area contributed by atoms with Gasteiger partial charge in [0.1, 0.15) is 17.6 Å². The number of rotatable bonds is 7. The Hall–Kier alpha value is -4.07. The van der Waals surface area contributed by atoms with E-state index in [4.69, 9.17) is 4.74 Å². The Kier molecular flexibility index (Phi) is 6.40. The van der Waals surface area contributed by atoms with E-state index in [9.17, 15) is 24.1 Å². The Morgan fingerprint density at radius 2 is 1.68 bits per heavy atom. The van der Waals surface area contributed by atoms with E-state index in [1.54, 1.807) is 19.1 Å². The second-order valence-electron chi connectivity index (χ2n) is 6.71. The summed E-state index contributed by atoms with van der Waals surface area (Å²) in [5.41, 5.74) is 0.766. The molecule has 0 saturated carbocycles. The lowest BCUT2D eigenvalue weighted by atomic mass is 9.97. The van der Waals surface area contributed by atoms with Gasteiger partial charge in [0, 0.05) is 24.2 Å². The van der Waals surface area contributed by atoms with Crippen LogP contribution in [0, 0.1) is 15.9 Å². The highest BCUT2D eigenvalue weighted by atomic mass is 19.1. The number of carbonyl (C=O) groups is 2. The minimum Gasteiger partial charge on any atom is -0.454 e. The Labute approximate surface area is 177 Å². The first kappa shape index (κ1) is 21.6. The van der Waals surface area contributed by atoms with Crippen LogP contribution in [0.15, 0.2) is 66.7 Å². The van der Waals surface area contributed by atoms with E-state index >= 15 is 0 Å². The third-order valence-corrected chi connectivity index (χ3v) is 4.74. The van der Waals surface area contributed by atoms with Gasteiger partial charge in [0.25, 0.3) is 5.69 Å². The molecule has 31 heavy (non-hydrogen) atoms. The number of nitro groups is 1. The van der Waals surface area contributed by atoms with Crippen LogP contribution in [0.5, 0.6) is 0 Å². The summed E-state index contributed by atoms with van der Waals surface area (Å²) in [5, 5.41) is 14.0. The van der Waals surface area contributed by atoms with Gasteiger partial charge in [0.15, 0.2) is 5.78 Å². The molecule has 1 N–H and O–H groups in total. The number of halogens is 1.